The third kappa shape index (κ3) is 1.70. The highest BCUT2D eigenvalue weighted by molar-refractivity contribution is 9.10. The van der Waals surface area contributed by atoms with Crippen molar-refractivity contribution in [2.24, 2.45) is 0 Å². The zero-order chi connectivity index (χ0) is 9.42. The smallest absolute Gasteiger partial charge is 0.0651 e. The minimum absolute atomic E-state index is 0.603. The van der Waals surface area contributed by atoms with Gasteiger partial charge in [-0.15, -0.1) is 0 Å². The van der Waals surface area contributed by atoms with Gasteiger partial charge in [0.1, 0.15) is 0 Å². The van der Waals surface area contributed by atoms with E-state index in [0.717, 1.165) is 21.7 Å². The van der Waals surface area contributed by atoms with Crippen LogP contribution in [0.15, 0.2) is 16.6 Å². The van der Waals surface area contributed by atoms with Crippen LogP contribution in [0.3, 0.4) is 0 Å². The molecule has 1 nitrogen and oxygen atoms in total. The minimum Gasteiger partial charge on any atom is -0.384 e. The Balaban J connectivity index is 2.56. The fourth-order valence-corrected chi connectivity index (χ4v) is 2.64. The summed E-state index contributed by atoms with van der Waals surface area (Å²) in [6.45, 7) is 3.26. The van der Waals surface area contributed by atoms with Crippen molar-refractivity contribution in [2.75, 3.05) is 11.9 Å². The molecule has 0 aliphatic carbocycles. The lowest BCUT2D eigenvalue weighted by atomic mass is 9.93. The highest BCUT2D eigenvalue weighted by atomic mass is 79.9. The Hall–Kier alpha value is -0.210. The molecule has 1 aliphatic heterocycles. The first-order valence-electron chi connectivity index (χ1n) is 4.41. The van der Waals surface area contributed by atoms with Crippen molar-refractivity contribution in [1.82, 2.24) is 0 Å². The molecule has 0 radical (unpaired) electrons. The molecule has 13 heavy (non-hydrogen) atoms. The molecule has 1 atom stereocenters. The predicted molar refractivity (Wildman–Crippen MR) is 60.7 cm³/mol. The average molecular weight is 261 g/mol. The number of rotatable bonds is 0. The van der Waals surface area contributed by atoms with Crippen LogP contribution in [0.4, 0.5) is 5.69 Å². The Morgan fingerprint density at radius 1 is 1.54 bits per heavy atom. The summed E-state index contributed by atoms with van der Waals surface area (Å²) >= 11 is 9.58. The highest BCUT2D eigenvalue weighted by Gasteiger charge is 2.18. The van der Waals surface area contributed by atoms with Crippen molar-refractivity contribution in [3.8, 4) is 0 Å². The molecular weight excluding hydrogens is 249 g/mol. The van der Waals surface area contributed by atoms with Crippen LogP contribution >= 0.6 is 27.5 Å². The van der Waals surface area contributed by atoms with Crippen molar-refractivity contribution in [2.45, 2.75) is 19.3 Å². The zero-order valence-electron chi connectivity index (χ0n) is 7.40. The van der Waals surface area contributed by atoms with Crippen molar-refractivity contribution in [3.05, 3.63) is 27.2 Å². The molecule has 1 heterocycles. The molecule has 3 heteroatoms. The Bertz CT molecular complexity index is 338. The first-order valence-corrected chi connectivity index (χ1v) is 5.58. The molecule has 1 aromatic carbocycles. The normalized spacial score (nSPS) is 20.7. The van der Waals surface area contributed by atoms with Gasteiger partial charge in [0.25, 0.3) is 0 Å². The van der Waals surface area contributed by atoms with Gasteiger partial charge in [-0.1, -0.05) is 34.5 Å². The van der Waals surface area contributed by atoms with Gasteiger partial charge in [0.2, 0.25) is 0 Å². The maximum Gasteiger partial charge on any atom is 0.0651 e. The summed E-state index contributed by atoms with van der Waals surface area (Å²) in [5, 5.41) is 4.15. The average Bonchev–Trinajstić information content (AvgIpc) is 2.07. The summed E-state index contributed by atoms with van der Waals surface area (Å²) in [5.41, 5.74) is 2.44. The summed E-state index contributed by atoms with van der Waals surface area (Å²) in [7, 11) is 0. The molecule has 0 spiro atoms. The van der Waals surface area contributed by atoms with E-state index in [9.17, 15) is 0 Å². The molecule has 0 aromatic heterocycles. The van der Waals surface area contributed by atoms with Crippen LogP contribution in [0.5, 0.6) is 0 Å². The van der Waals surface area contributed by atoms with Crippen LogP contribution in [0.25, 0.3) is 0 Å². The molecule has 0 bridgehead atoms. The molecule has 0 saturated heterocycles. The number of hydrogen-bond acceptors (Lipinski definition) is 1. The van der Waals surface area contributed by atoms with Crippen LogP contribution in [0.1, 0.15) is 24.8 Å². The molecule has 1 aliphatic rings. The Morgan fingerprint density at radius 3 is 3.08 bits per heavy atom. The van der Waals surface area contributed by atoms with E-state index in [-0.39, 0.29) is 0 Å². The van der Waals surface area contributed by atoms with Crippen LogP contribution in [-0.4, -0.2) is 6.54 Å². The van der Waals surface area contributed by atoms with Crippen LogP contribution in [-0.2, 0) is 0 Å². The summed E-state index contributed by atoms with van der Waals surface area (Å²) in [6, 6.07) is 4.09. The van der Waals surface area contributed by atoms with Gasteiger partial charge in [0, 0.05) is 11.0 Å². The summed E-state index contributed by atoms with van der Waals surface area (Å²) in [5.74, 6) is 0.603. The molecular formula is C10H11BrClN. The lowest BCUT2D eigenvalue weighted by Gasteiger charge is -2.25. The van der Waals surface area contributed by atoms with E-state index >= 15 is 0 Å². The monoisotopic (exact) mass is 259 g/mol. The van der Waals surface area contributed by atoms with Gasteiger partial charge >= 0.3 is 0 Å². The van der Waals surface area contributed by atoms with Gasteiger partial charge in [-0.05, 0) is 30.0 Å². The Morgan fingerprint density at radius 2 is 2.31 bits per heavy atom. The Labute approximate surface area is 91.6 Å². The van der Waals surface area contributed by atoms with Gasteiger partial charge in [0.15, 0.2) is 0 Å². The van der Waals surface area contributed by atoms with E-state index in [0.29, 0.717) is 5.92 Å². The second-order valence-electron chi connectivity index (χ2n) is 3.47. The van der Waals surface area contributed by atoms with Crippen LogP contribution in [0, 0.1) is 0 Å². The van der Waals surface area contributed by atoms with E-state index in [4.69, 9.17) is 11.6 Å². The van der Waals surface area contributed by atoms with Crippen molar-refractivity contribution >= 4 is 33.2 Å². The second kappa shape index (κ2) is 3.50. The SMILES string of the molecule is C[C@@H]1CCNc2c(Cl)cc(Br)cc21. The highest BCUT2D eigenvalue weighted by Crippen LogP contribution is 2.38. The minimum atomic E-state index is 0.603. The zero-order valence-corrected chi connectivity index (χ0v) is 9.74. The molecule has 2 rings (SSSR count). The van der Waals surface area contributed by atoms with Gasteiger partial charge in [-0.3, -0.25) is 0 Å². The number of nitrogens with one attached hydrogen (secondary N) is 1. The largest absolute Gasteiger partial charge is 0.384 e. The lowest BCUT2D eigenvalue weighted by molar-refractivity contribution is 0.683. The van der Waals surface area contributed by atoms with Gasteiger partial charge < -0.3 is 5.32 Å². The molecule has 0 unspecified atom stereocenters. The Kier molecular flexibility index (Phi) is 2.52. The van der Waals surface area contributed by atoms with E-state index in [1.807, 2.05) is 6.07 Å². The summed E-state index contributed by atoms with van der Waals surface area (Å²) in [6.07, 6.45) is 1.18. The number of fused-ring (bicyclic) bond motifs is 1. The first-order chi connectivity index (χ1) is 6.18. The maximum absolute atomic E-state index is 6.12. The summed E-state index contributed by atoms with van der Waals surface area (Å²) < 4.78 is 1.06. The van der Waals surface area contributed by atoms with E-state index in [1.54, 1.807) is 0 Å². The molecule has 0 saturated carbocycles. The van der Waals surface area contributed by atoms with E-state index < -0.39 is 0 Å². The first kappa shape index (κ1) is 9.35. The number of halogens is 2. The van der Waals surface area contributed by atoms with Crippen LogP contribution in [0.2, 0.25) is 5.02 Å². The number of anilines is 1. The predicted octanol–water partition coefficient (Wildman–Crippen LogP) is 4.02. The maximum atomic E-state index is 6.12. The van der Waals surface area contributed by atoms with Gasteiger partial charge in [0.05, 0.1) is 10.7 Å². The number of benzene rings is 1. The van der Waals surface area contributed by atoms with Crippen molar-refractivity contribution in [3.63, 3.8) is 0 Å². The van der Waals surface area contributed by atoms with Crippen molar-refractivity contribution < 1.29 is 0 Å². The van der Waals surface area contributed by atoms with E-state index in [1.165, 1.54) is 12.0 Å². The fraction of sp³-hybridized carbons (Fsp3) is 0.400. The molecule has 0 fully saturated rings. The third-order valence-electron chi connectivity index (χ3n) is 2.50. The number of hydrogen-bond donors (Lipinski definition) is 1. The van der Waals surface area contributed by atoms with Crippen LogP contribution < -0.4 is 5.32 Å². The topological polar surface area (TPSA) is 12.0 Å². The van der Waals surface area contributed by atoms with Gasteiger partial charge in [-0.2, -0.15) is 0 Å². The second-order valence-corrected chi connectivity index (χ2v) is 4.79. The van der Waals surface area contributed by atoms with Crippen molar-refractivity contribution in [1.29, 1.82) is 0 Å². The molecule has 1 N–H and O–H groups in total. The third-order valence-corrected chi connectivity index (χ3v) is 3.25. The fourth-order valence-electron chi connectivity index (χ4n) is 1.74. The van der Waals surface area contributed by atoms with E-state index in [2.05, 4.69) is 34.2 Å². The molecule has 1 aromatic rings. The summed E-state index contributed by atoms with van der Waals surface area (Å²) in [4.78, 5) is 0. The lowest BCUT2D eigenvalue weighted by Crippen LogP contribution is -2.15. The quantitative estimate of drug-likeness (QED) is 0.743. The molecule has 0 amide bonds. The molecule has 70 valence electrons. The van der Waals surface area contributed by atoms with Gasteiger partial charge in [-0.25, -0.2) is 0 Å². The standard InChI is InChI=1S/C10H11BrClN/c1-6-2-3-13-10-8(6)4-7(11)5-9(10)12/h4-6,13H,2-3H2,1H3/t6-/m1/s1.